The topological polar surface area (TPSA) is 73.2 Å². The molecule has 21 heavy (non-hydrogen) atoms. The number of methoxy groups -OCH3 is 1. The Balaban J connectivity index is 2.41. The molecule has 1 aromatic heterocycles. The van der Waals surface area contributed by atoms with Crippen molar-refractivity contribution in [1.29, 1.82) is 0 Å². The molecule has 0 fully saturated rings. The zero-order chi connectivity index (χ0) is 15.6. The standard InChI is InChI=1S/C13H16ClN3O3S/c1-9(2)17-13(6-7-15-17)16-21(18,19)12-8-10(20-3)4-5-11(12)14/h4-9,16H,1-3H3. The van der Waals surface area contributed by atoms with Gasteiger partial charge in [-0.3, -0.25) is 4.72 Å². The van der Waals surface area contributed by atoms with Crippen LogP contribution in [0.1, 0.15) is 19.9 Å². The van der Waals surface area contributed by atoms with Gasteiger partial charge in [0.15, 0.2) is 0 Å². The van der Waals surface area contributed by atoms with Gasteiger partial charge in [-0.05, 0) is 26.0 Å². The molecule has 0 amide bonds. The Labute approximate surface area is 128 Å². The van der Waals surface area contributed by atoms with Crippen LogP contribution in [0.4, 0.5) is 5.82 Å². The number of halogens is 1. The Morgan fingerprint density at radius 3 is 2.67 bits per heavy atom. The maximum Gasteiger partial charge on any atom is 0.264 e. The Kier molecular flexibility index (Phi) is 4.43. The molecule has 2 aromatic rings. The smallest absolute Gasteiger partial charge is 0.264 e. The van der Waals surface area contributed by atoms with Gasteiger partial charge in [-0.2, -0.15) is 5.10 Å². The lowest BCUT2D eigenvalue weighted by Crippen LogP contribution is -2.17. The molecule has 0 atom stereocenters. The van der Waals surface area contributed by atoms with Crippen LogP contribution in [0.2, 0.25) is 5.02 Å². The summed E-state index contributed by atoms with van der Waals surface area (Å²) in [4.78, 5) is -0.0416. The van der Waals surface area contributed by atoms with E-state index in [4.69, 9.17) is 16.3 Å². The van der Waals surface area contributed by atoms with Crippen molar-refractivity contribution in [2.24, 2.45) is 0 Å². The van der Waals surface area contributed by atoms with E-state index < -0.39 is 10.0 Å². The molecule has 0 bridgehead atoms. The van der Waals surface area contributed by atoms with Crippen molar-refractivity contribution >= 4 is 27.4 Å². The van der Waals surface area contributed by atoms with Crippen molar-refractivity contribution in [3.63, 3.8) is 0 Å². The van der Waals surface area contributed by atoms with Crippen molar-refractivity contribution in [3.05, 3.63) is 35.5 Å². The minimum Gasteiger partial charge on any atom is -0.497 e. The molecule has 1 heterocycles. The maximum atomic E-state index is 12.5. The van der Waals surface area contributed by atoms with E-state index in [1.165, 1.54) is 25.4 Å². The molecule has 0 radical (unpaired) electrons. The lowest BCUT2D eigenvalue weighted by Gasteiger charge is -2.14. The average molecular weight is 330 g/mol. The molecule has 1 N–H and O–H groups in total. The summed E-state index contributed by atoms with van der Waals surface area (Å²) in [6.45, 7) is 3.81. The van der Waals surface area contributed by atoms with E-state index in [1.54, 1.807) is 16.8 Å². The molecule has 6 nitrogen and oxygen atoms in total. The van der Waals surface area contributed by atoms with Crippen LogP contribution in [0.3, 0.4) is 0 Å². The van der Waals surface area contributed by atoms with Gasteiger partial charge in [0.05, 0.1) is 18.3 Å². The van der Waals surface area contributed by atoms with Crippen molar-refractivity contribution in [2.45, 2.75) is 24.8 Å². The number of sulfonamides is 1. The second-order valence-corrected chi connectivity index (χ2v) is 6.71. The van der Waals surface area contributed by atoms with E-state index in [9.17, 15) is 8.42 Å². The number of anilines is 1. The van der Waals surface area contributed by atoms with E-state index in [0.29, 0.717) is 11.6 Å². The molecule has 0 unspecified atom stereocenters. The fourth-order valence-electron chi connectivity index (χ4n) is 1.82. The van der Waals surface area contributed by atoms with E-state index in [0.717, 1.165) is 0 Å². The van der Waals surface area contributed by atoms with Gasteiger partial charge >= 0.3 is 0 Å². The number of hydrogen-bond acceptors (Lipinski definition) is 4. The maximum absolute atomic E-state index is 12.5. The van der Waals surface area contributed by atoms with Crippen molar-refractivity contribution in [1.82, 2.24) is 9.78 Å². The molecule has 0 aliphatic carbocycles. The molecular weight excluding hydrogens is 314 g/mol. The number of nitrogens with zero attached hydrogens (tertiary/aromatic N) is 2. The van der Waals surface area contributed by atoms with Gasteiger partial charge in [0, 0.05) is 18.2 Å². The first-order chi connectivity index (χ1) is 9.85. The van der Waals surface area contributed by atoms with Crippen LogP contribution in [0, 0.1) is 0 Å². The first-order valence-electron chi connectivity index (χ1n) is 6.25. The third-order valence-corrected chi connectivity index (χ3v) is 4.66. The van der Waals surface area contributed by atoms with Crippen LogP contribution in [-0.4, -0.2) is 25.3 Å². The summed E-state index contributed by atoms with van der Waals surface area (Å²) in [5.41, 5.74) is 0. The van der Waals surface area contributed by atoms with Crippen molar-refractivity contribution < 1.29 is 13.2 Å². The number of nitrogens with one attached hydrogen (secondary N) is 1. The van der Waals surface area contributed by atoms with Crippen molar-refractivity contribution in [3.8, 4) is 5.75 Å². The third-order valence-electron chi connectivity index (χ3n) is 2.83. The normalized spacial score (nSPS) is 11.7. The van der Waals surface area contributed by atoms with Crippen LogP contribution in [0.15, 0.2) is 35.4 Å². The summed E-state index contributed by atoms with van der Waals surface area (Å²) in [6.07, 6.45) is 1.53. The fraction of sp³-hybridized carbons (Fsp3) is 0.308. The number of aromatic nitrogens is 2. The summed E-state index contributed by atoms with van der Waals surface area (Å²) >= 11 is 5.98. The number of ether oxygens (including phenoxy) is 1. The largest absolute Gasteiger partial charge is 0.497 e. The zero-order valence-corrected chi connectivity index (χ0v) is 13.4. The first kappa shape index (κ1) is 15.7. The summed E-state index contributed by atoms with van der Waals surface area (Å²) in [6, 6.07) is 6.07. The zero-order valence-electron chi connectivity index (χ0n) is 11.9. The van der Waals surface area contributed by atoms with Gasteiger partial charge in [0.25, 0.3) is 10.0 Å². The van der Waals surface area contributed by atoms with Gasteiger partial charge < -0.3 is 4.74 Å². The van der Waals surface area contributed by atoms with Crippen LogP contribution in [0.25, 0.3) is 0 Å². The Bertz CT molecular complexity index is 741. The highest BCUT2D eigenvalue weighted by atomic mass is 35.5. The minimum atomic E-state index is -3.83. The second-order valence-electron chi connectivity index (χ2n) is 4.66. The van der Waals surface area contributed by atoms with Gasteiger partial charge in [-0.15, -0.1) is 0 Å². The summed E-state index contributed by atoms with van der Waals surface area (Å²) in [5, 5.41) is 4.21. The molecule has 2 rings (SSSR count). The molecule has 0 spiro atoms. The molecule has 0 aliphatic rings. The van der Waals surface area contributed by atoms with Crippen LogP contribution in [-0.2, 0) is 10.0 Å². The predicted octanol–water partition coefficient (Wildman–Crippen LogP) is 2.93. The van der Waals surface area contributed by atoms with Crippen LogP contribution < -0.4 is 9.46 Å². The summed E-state index contributed by atoms with van der Waals surface area (Å²) in [5.74, 6) is 0.793. The van der Waals surface area contributed by atoms with E-state index >= 15 is 0 Å². The van der Waals surface area contributed by atoms with E-state index in [1.807, 2.05) is 13.8 Å². The van der Waals surface area contributed by atoms with E-state index in [2.05, 4.69) is 9.82 Å². The molecule has 8 heteroatoms. The highest BCUT2D eigenvalue weighted by molar-refractivity contribution is 7.92. The Hall–Kier alpha value is -1.73. The molecule has 0 saturated heterocycles. The highest BCUT2D eigenvalue weighted by Gasteiger charge is 2.21. The van der Waals surface area contributed by atoms with Gasteiger partial charge in [0.2, 0.25) is 0 Å². The molecular formula is C13H16ClN3O3S. The van der Waals surface area contributed by atoms with Crippen LogP contribution in [0.5, 0.6) is 5.75 Å². The number of hydrogen-bond donors (Lipinski definition) is 1. The molecule has 114 valence electrons. The Morgan fingerprint density at radius 2 is 2.05 bits per heavy atom. The number of benzene rings is 1. The number of rotatable bonds is 5. The molecule has 1 aromatic carbocycles. The van der Waals surface area contributed by atoms with Crippen molar-refractivity contribution in [2.75, 3.05) is 11.8 Å². The van der Waals surface area contributed by atoms with Gasteiger partial charge in [0.1, 0.15) is 16.5 Å². The molecule has 0 saturated carbocycles. The Morgan fingerprint density at radius 1 is 1.33 bits per heavy atom. The average Bonchev–Trinajstić information content (AvgIpc) is 2.86. The monoisotopic (exact) mass is 329 g/mol. The lowest BCUT2D eigenvalue weighted by atomic mass is 10.3. The second kappa shape index (κ2) is 5.95. The summed E-state index contributed by atoms with van der Waals surface area (Å²) < 4.78 is 34.0. The van der Waals surface area contributed by atoms with Gasteiger partial charge in [-0.1, -0.05) is 11.6 Å². The fourth-order valence-corrected chi connectivity index (χ4v) is 3.38. The van der Waals surface area contributed by atoms with Gasteiger partial charge in [-0.25, -0.2) is 13.1 Å². The summed E-state index contributed by atoms with van der Waals surface area (Å²) in [7, 11) is -2.37. The SMILES string of the molecule is COc1ccc(Cl)c(S(=O)(=O)Nc2ccnn2C(C)C)c1. The van der Waals surface area contributed by atoms with Crippen LogP contribution >= 0.6 is 11.6 Å². The predicted molar refractivity (Wildman–Crippen MR) is 81.4 cm³/mol. The third kappa shape index (κ3) is 3.30. The highest BCUT2D eigenvalue weighted by Crippen LogP contribution is 2.28. The van der Waals surface area contributed by atoms with E-state index in [-0.39, 0.29) is 16.0 Å². The lowest BCUT2D eigenvalue weighted by molar-refractivity contribution is 0.413. The first-order valence-corrected chi connectivity index (χ1v) is 8.11. The minimum absolute atomic E-state index is 0.0264. The molecule has 0 aliphatic heterocycles. The quantitative estimate of drug-likeness (QED) is 0.915.